The number of halogens is 1. The molecule has 2 aromatic rings. The molecule has 8 heteroatoms. The van der Waals surface area contributed by atoms with Gasteiger partial charge in [0.05, 0.1) is 16.3 Å². The lowest BCUT2D eigenvalue weighted by Crippen LogP contribution is -2.37. The fourth-order valence-corrected chi connectivity index (χ4v) is 4.21. The van der Waals surface area contributed by atoms with Crippen LogP contribution in [0.25, 0.3) is 0 Å². The Morgan fingerprint density at radius 1 is 0.966 bits per heavy atom. The number of para-hydroxylation sites is 1. The van der Waals surface area contributed by atoms with Gasteiger partial charge in [-0.3, -0.25) is 14.4 Å². The van der Waals surface area contributed by atoms with Crippen molar-refractivity contribution in [2.45, 2.75) is 17.7 Å². The second-order valence-electron chi connectivity index (χ2n) is 6.45. The lowest BCUT2D eigenvalue weighted by Gasteiger charge is -2.29. The van der Waals surface area contributed by atoms with E-state index in [2.05, 4.69) is 10.6 Å². The molecule has 0 aromatic heterocycles. The number of amides is 3. The second-order valence-corrected chi connectivity index (χ2v) is 7.99. The van der Waals surface area contributed by atoms with Crippen molar-refractivity contribution in [1.82, 2.24) is 10.6 Å². The fraction of sp³-hybridized carbons (Fsp3) is 0.286. The Kier molecular flexibility index (Phi) is 7.55. The Bertz CT molecular complexity index is 906. The molecule has 2 N–H and O–H groups in total. The van der Waals surface area contributed by atoms with Crippen molar-refractivity contribution in [2.24, 2.45) is 0 Å². The van der Waals surface area contributed by atoms with Crippen molar-refractivity contribution in [1.29, 1.82) is 0 Å². The average molecular weight is 432 g/mol. The van der Waals surface area contributed by atoms with Gasteiger partial charge in [0.25, 0.3) is 5.91 Å². The normalized spacial score (nSPS) is 12.8. The van der Waals surface area contributed by atoms with Gasteiger partial charge in [-0.25, -0.2) is 0 Å². The minimum atomic E-state index is -0.290. The van der Waals surface area contributed by atoms with Crippen LogP contribution < -0.4 is 15.5 Å². The number of rotatable bonds is 7. The summed E-state index contributed by atoms with van der Waals surface area (Å²) in [6.07, 6.45) is 0.264. The summed E-state index contributed by atoms with van der Waals surface area (Å²) in [6.45, 7) is 1.21. The summed E-state index contributed by atoms with van der Waals surface area (Å²) in [5.74, 6) is 0.284. The van der Waals surface area contributed by atoms with Crippen LogP contribution in [0.4, 0.5) is 5.69 Å². The lowest BCUT2D eigenvalue weighted by molar-refractivity contribution is -0.125. The van der Waals surface area contributed by atoms with E-state index >= 15 is 0 Å². The molecule has 0 unspecified atom stereocenters. The number of thioether (sulfide) groups is 1. The molecule has 152 valence electrons. The SMILES string of the molecule is O=C(CCC(=O)N1CCSc2ccccc21)NCCNC(=O)c1ccccc1Cl. The van der Waals surface area contributed by atoms with Crippen LogP contribution >= 0.6 is 23.4 Å². The average Bonchev–Trinajstić information content (AvgIpc) is 2.74. The maximum absolute atomic E-state index is 12.5. The van der Waals surface area contributed by atoms with Crippen LogP contribution in [0.1, 0.15) is 23.2 Å². The number of anilines is 1. The minimum Gasteiger partial charge on any atom is -0.354 e. The third-order valence-corrected chi connectivity index (χ3v) is 5.82. The van der Waals surface area contributed by atoms with Gasteiger partial charge < -0.3 is 15.5 Å². The summed E-state index contributed by atoms with van der Waals surface area (Å²) < 4.78 is 0. The highest BCUT2D eigenvalue weighted by Crippen LogP contribution is 2.34. The molecule has 1 aliphatic rings. The van der Waals surface area contributed by atoms with Gasteiger partial charge in [-0.1, -0.05) is 35.9 Å². The molecular formula is C21H22ClN3O3S. The summed E-state index contributed by atoms with van der Waals surface area (Å²) >= 11 is 7.71. The molecule has 1 heterocycles. The molecular weight excluding hydrogens is 410 g/mol. The van der Waals surface area contributed by atoms with E-state index in [0.717, 1.165) is 16.3 Å². The number of hydrogen-bond donors (Lipinski definition) is 2. The van der Waals surface area contributed by atoms with E-state index in [1.807, 2.05) is 24.3 Å². The van der Waals surface area contributed by atoms with Crippen molar-refractivity contribution in [3.8, 4) is 0 Å². The van der Waals surface area contributed by atoms with Crippen molar-refractivity contribution in [3.63, 3.8) is 0 Å². The van der Waals surface area contributed by atoms with Crippen LogP contribution in [0.5, 0.6) is 0 Å². The van der Waals surface area contributed by atoms with Crippen LogP contribution in [0.15, 0.2) is 53.4 Å². The van der Waals surface area contributed by atoms with Gasteiger partial charge in [-0.2, -0.15) is 0 Å². The van der Waals surface area contributed by atoms with E-state index in [9.17, 15) is 14.4 Å². The number of nitrogens with zero attached hydrogens (tertiary/aromatic N) is 1. The third-order valence-electron chi connectivity index (χ3n) is 4.45. The van der Waals surface area contributed by atoms with E-state index in [-0.39, 0.29) is 43.7 Å². The van der Waals surface area contributed by atoms with Gasteiger partial charge in [0.15, 0.2) is 0 Å². The highest BCUT2D eigenvalue weighted by Gasteiger charge is 2.22. The van der Waals surface area contributed by atoms with E-state index in [4.69, 9.17) is 11.6 Å². The third kappa shape index (κ3) is 5.74. The number of carbonyl (C=O) groups is 3. The fourth-order valence-electron chi connectivity index (χ4n) is 2.99. The monoisotopic (exact) mass is 431 g/mol. The van der Waals surface area contributed by atoms with Crippen molar-refractivity contribution < 1.29 is 14.4 Å². The molecule has 29 heavy (non-hydrogen) atoms. The zero-order chi connectivity index (χ0) is 20.6. The molecule has 0 bridgehead atoms. The van der Waals surface area contributed by atoms with Crippen molar-refractivity contribution in [3.05, 3.63) is 59.1 Å². The Hall–Kier alpha value is -2.51. The summed E-state index contributed by atoms with van der Waals surface area (Å²) in [6, 6.07) is 14.6. The van der Waals surface area contributed by atoms with Gasteiger partial charge in [-0.05, 0) is 24.3 Å². The van der Waals surface area contributed by atoms with E-state index in [1.54, 1.807) is 40.9 Å². The van der Waals surface area contributed by atoms with Crippen LogP contribution in [0, 0.1) is 0 Å². The lowest BCUT2D eigenvalue weighted by atomic mass is 10.2. The highest BCUT2D eigenvalue weighted by atomic mass is 35.5. The van der Waals surface area contributed by atoms with Crippen LogP contribution in [-0.4, -0.2) is 43.1 Å². The molecule has 0 spiro atoms. The minimum absolute atomic E-state index is 0.0556. The molecule has 0 aliphatic carbocycles. The largest absolute Gasteiger partial charge is 0.354 e. The predicted octanol–water partition coefficient (Wildman–Crippen LogP) is 3.11. The Labute approximate surface area is 179 Å². The van der Waals surface area contributed by atoms with E-state index in [0.29, 0.717) is 17.1 Å². The Balaban J connectivity index is 1.38. The molecule has 6 nitrogen and oxygen atoms in total. The molecule has 0 atom stereocenters. The molecule has 3 rings (SSSR count). The smallest absolute Gasteiger partial charge is 0.252 e. The Morgan fingerprint density at radius 2 is 1.69 bits per heavy atom. The second kappa shape index (κ2) is 10.3. The molecule has 2 aromatic carbocycles. The molecule has 0 radical (unpaired) electrons. The first-order valence-electron chi connectivity index (χ1n) is 9.38. The standard InChI is InChI=1S/C21H22ClN3O3S/c22-16-6-2-1-5-15(16)21(28)24-12-11-23-19(26)9-10-20(27)25-13-14-29-18-8-4-3-7-17(18)25/h1-8H,9-14H2,(H,23,26)(H,24,28). The number of hydrogen-bond acceptors (Lipinski definition) is 4. The predicted molar refractivity (Wildman–Crippen MR) is 116 cm³/mol. The summed E-state index contributed by atoms with van der Waals surface area (Å²) in [5.41, 5.74) is 1.31. The van der Waals surface area contributed by atoms with Gasteiger partial charge in [0.1, 0.15) is 0 Å². The quantitative estimate of drug-likeness (QED) is 0.660. The van der Waals surface area contributed by atoms with E-state index < -0.39 is 0 Å². The van der Waals surface area contributed by atoms with E-state index in [1.165, 1.54) is 0 Å². The van der Waals surface area contributed by atoms with Crippen LogP contribution in [0.3, 0.4) is 0 Å². The van der Waals surface area contributed by atoms with Gasteiger partial charge >= 0.3 is 0 Å². The molecule has 0 fully saturated rings. The topological polar surface area (TPSA) is 78.5 Å². The maximum atomic E-state index is 12.5. The van der Waals surface area contributed by atoms with Gasteiger partial charge in [0, 0.05) is 43.1 Å². The van der Waals surface area contributed by atoms with Gasteiger partial charge in [0.2, 0.25) is 11.8 Å². The van der Waals surface area contributed by atoms with Crippen molar-refractivity contribution in [2.75, 3.05) is 30.3 Å². The van der Waals surface area contributed by atoms with Crippen LogP contribution in [-0.2, 0) is 9.59 Å². The molecule has 0 saturated carbocycles. The number of nitrogens with one attached hydrogen (secondary N) is 2. The molecule has 3 amide bonds. The summed E-state index contributed by atoms with van der Waals surface area (Å²) in [5, 5.41) is 5.81. The first-order valence-corrected chi connectivity index (χ1v) is 10.7. The zero-order valence-corrected chi connectivity index (χ0v) is 17.4. The summed E-state index contributed by atoms with van der Waals surface area (Å²) in [7, 11) is 0. The van der Waals surface area contributed by atoms with Gasteiger partial charge in [-0.15, -0.1) is 11.8 Å². The molecule has 1 aliphatic heterocycles. The van der Waals surface area contributed by atoms with Crippen LogP contribution in [0.2, 0.25) is 5.02 Å². The summed E-state index contributed by atoms with van der Waals surface area (Å²) in [4.78, 5) is 39.4. The molecule has 0 saturated heterocycles. The zero-order valence-electron chi connectivity index (χ0n) is 15.8. The first-order chi connectivity index (χ1) is 14.1. The first kappa shape index (κ1) is 21.2. The van der Waals surface area contributed by atoms with Crippen molar-refractivity contribution >= 4 is 46.8 Å². The maximum Gasteiger partial charge on any atom is 0.252 e. The number of benzene rings is 2. The number of carbonyl (C=O) groups excluding carboxylic acids is 3. The highest BCUT2D eigenvalue weighted by molar-refractivity contribution is 7.99. The number of fused-ring (bicyclic) bond motifs is 1. The Morgan fingerprint density at radius 3 is 2.52 bits per heavy atom.